The molecule has 0 spiro atoms. The lowest BCUT2D eigenvalue weighted by molar-refractivity contribution is 0.0760. The molecule has 7 heteroatoms. The molecule has 1 atom stereocenters. The average molecular weight is 347 g/mol. The van der Waals surface area contributed by atoms with E-state index in [0.29, 0.717) is 0 Å². The Balaban J connectivity index is 1.51. The Kier molecular flexibility index (Phi) is 5.76. The van der Waals surface area contributed by atoms with Crippen molar-refractivity contribution in [2.75, 3.05) is 37.7 Å². The molecule has 24 heavy (non-hydrogen) atoms. The van der Waals surface area contributed by atoms with Gasteiger partial charge in [-0.25, -0.2) is 15.0 Å². The van der Waals surface area contributed by atoms with Crippen molar-refractivity contribution in [3.63, 3.8) is 0 Å². The SMILES string of the molecule is CCO[C@@H](C)c1nc(CN2CCN(c3ncc(C)cn3)CC2)cs1. The predicted octanol–water partition coefficient (Wildman–Crippen LogP) is 2.66. The van der Waals surface area contributed by atoms with Crippen LogP contribution in [0.3, 0.4) is 0 Å². The quantitative estimate of drug-likeness (QED) is 0.801. The average Bonchev–Trinajstić information content (AvgIpc) is 3.05. The maximum absolute atomic E-state index is 5.62. The van der Waals surface area contributed by atoms with Crippen molar-refractivity contribution in [2.24, 2.45) is 0 Å². The zero-order chi connectivity index (χ0) is 16.9. The minimum absolute atomic E-state index is 0.0873. The van der Waals surface area contributed by atoms with E-state index in [4.69, 9.17) is 9.72 Å². The molecule has 6 nitrogen and oxygen atoms in total. The van der Waals surface area contributed by atoms with Crippen molar-refractivity contribution < 1.29 is 4.74 Å². The zero-order valence-corrected chi connectivity index (χ0v) is 15.4. The Morgan fingerprint density at radius 2 is 1.92 bits per heavy atom. The topological polar surface area (TPSA) is 54.4 Å². The summed E-state index contributed by atoms with van der Waals surface area (Å²) in [5.74, 6) is 0.835. The number of rotatable bonds is 6. The molecule has 0 N–H and O–H groups in total. The Morgan fingerprint density at radius 1 is 1.21 bits per heavy atom. The largest absolute Gasteiger partial charge is 0.372 e. The molecule has 1 aliphatic heterocycles. The first-order valence-corrected chi connectivity index (χ1v) is 9.35. The van der Waals surface area contributed by atoms with E-state index in [1.807, 2.05) is 26.2 Å². The molecule has 3 rings (SSSR count). The number of nitrogens with zero attached hydrogens (tertiary/aromatic N) is 5. The van der Waals surface area contributed by atoms with Crippen LogP contribution in [0.1, 0.15) is 36.2 Å². The molecule has 0 radical (unpaired) electrons. The van der Waals surface area contributed by atoms with E-state index in [9.17, 15) is 0 Å². The van der Waals surface area contributed by atoms with Crippen LogP contribution < -0.4 is 4.90 Å². The fourth-order valence-corrected chi connectivity index (χ4v) is 3.60. The molecule has 3 heterocycles. The number of thiazole rings is 1. The Hall–Kier alpha value is -1.57. The molecule has 2 aromatic heterocycles. The van der Waals surface area contributed by atoms with E-state index in [2.05, 4.69) is 32.1 Å². The molecule has 1 fully saturated rings. The summed E-state index contributed by atoms with van der Waals surface area (Å²) in [5.41, 5.74) is 2.24. The number of anilines is 1. The van der Waals surface area contributed by atoms with Gasteiger partial charge in [0, 0.05) is 57.1 Å². The number of aromatic nitrogens is 3. The summed E-state index contributed by atoms with van der Waals surface area (Å²) in [6.45, 7) is 11.6. The standard InChI is InChI=1S/C17H25N5OS/c1-4-23-14(3)16-20-15(12-24-16)11-21-5-7-22(8-6-21)17-18-9-13(2)10-19-17/h9-10,12,14H,4-8,11H2,1-3H3/t14-/m0/s1. The molecule has 0 unspecified atom stereocenters. The highest BCUT2D eigenvalue weighted by Gasteiger charge is 2.20. The van der Waals surface area contributed by atoms with Crippen LogP contribution in [-0.4, -0.2) is 52.6 Å². The van der Waals surface area contributed by atoms with Crippen molar-refractivity contribution in [1.29, 1.82) is 0 Å². The van der Waals surface area contributed by atoms with E-state index in [1.54, 1.807) is 11.3 Å². The van der Waals surface area contributed by atoms with Gasteiger partial charge in [0.15, 0.2) is 0 Å². The highest BCUT2D eigenvalue weighted by Crippen LogP contribution is 2.22. The summed E-state index contributed by atoms with van der Waals surface area (Å²) in [6, 6.07) is 0. The molecule has 0 aromatic carbocycles. The van der Waals surface area contributed by atoms with Crippen LogP contribution in [0, 0.1) is 6.92 Å². The summed E-state index contributed by atoms with van der Waals surface area (Å²) >= 11 is 1.69. The Bertz CT molecular complexity index is 637. The van der Waals surface area contributed by atoms with Gasteiger partial charge in [-0.2, -0.15) is 0 Å². The second-order valence-corrected chi connectivity index (χ2v) is 6.99. The van der Waals surface area contributed by atoms with Gasteiger partial charge >= 0.3 is 0 Å². The number of ether oxygens (including phenoxy) is 1. The molecular formula is C17H25N5OS. The lowest BCUT2D eigenvalue weighted by Gasteiger charge is -2.34. The Labute approximate surface area is 147 Å². The molecule has 0 bridgehead atoms. The van der Waals surface area contributed by atoms with Crippen LogP contribution in [-0.2, 0) is 11.3 Å². The first-order chi connectivity index (χ1) is 11.7. The molecule has 0 saturated carbocycles. The van der Waals surface area contributed by atoms with Crippen molar-refractivity contribution in [2.45, 2.75) is 33.4 Å². The van der Waals surface area contributed by atoms with Crippen LogP contribution in [0.5, 0.6) is 0 Å². The van der Waals surface area contributed by atoms with E-state index in [-0.39, 0.29) is 6.10 Å². The van der Waals surface area contributed by atoms with Gasteiger partial charge in [0.05, 0.1) is 5.69 Å². The normalized spacial score (nSPS) is 17.2. The predicted molar refractivity (Wildman–Crippen MR) is 96.4 cm³/mol. The summed E-state index contributed by atoms with van der Waals surface area (Å²) < 4.78 is 5.62. The summed E-state index contributed by atoms with van der Waals surface area (Å²) in [6.07, 6.45) is 3.85. The maximum atomic E-state index is 5.62. The molecular weight excluding hydrogens is 322 g/mol. The molecule has 0 aliphatic carbocycles. The minimum atomic E-state index is 0.0873. The number of hydrogen-bond donors (Lipinski definition) is 0. The van der Waals surface area contributed by atoms with Crippen molar-refractivity contribution >= 4 is 17.3 Å². The van der Waals surface area contributed by atoms with Crippen LogP contribution in [0.25, 0.3) is 0 Å². The number of aryl methyl sites for hydroxylation is 1. The van der Waals surface area contributed by atoms with E-state index >= 15 is 0 Å². The molecule has 1 saturated heterocycles. The fourth-order valence-electron chi connectivity index (χ4n) is 2.79. The second-order valence-electron chi connectivity index (χ2n) is 6.10. The highest BCUT2D eigenvalue weighted by atomic mass is 32.1. The van der Waals surface area contributed by atoms with Gasteiger partial charge in [0.25, 0.3) is 0 Å². The van der Waals surface area contributed by atoms with Crippen LogP contribution >= 0.6 is 11.3 Å². The van der Waals surface area contributed by atoms with Gasteiger partial charge in [-0.05, 0) is 26.3 Å². The Morgan fingerprint density at radius 3 is 2.58 bits per heavy atom. The lowest BCUT2D eigenvalue weighted by Crippen LogP contribution is -2.46. The van der Waals surface area contributed by atoms with Crippen LogP contribution in [0.15, 0.2) is 17.8 Å². The first-order valence-electron chi connectivity index (χ1n) is 8.47. The van der Waals surface area contributed by atoms with Gasteiger partial charge in [-0.3, -0.25) is 4.90 Å². The van der Waals surface area contributed by atoms with E-state index in [1.165, 1.54) is 0 Å². The first kappa shape index (κ1) is 17.3. The third-order valence-electron chi connectivity index (χ3n) is 4.14. The van der Waals surface area contributed by atoms with Crippen molar-refractivity contribution in [1.82, 2.24) is 19.9 Å². The molecule has 2 aromatic rings. The molecule has 0 amide bonds. The number of piperazine rings is 1. The second kappa shape index (κ2) is 8.00. The smallest absolute Gasteiger partial charge is 0.225 e. The van der Waals surface area contributed by atoms with E-state index < -0.39 is 0 Å². The molecule has 130 valence electrons. The van der Waals surface area contributed by atoms with Crippen molar-refractivity contribution in [3.8, 4) is 0 Å². The number of hydrogen-bond acceptors (Lipinski definition) is 7. The van der Waals surface area contributed by atoms with Gasteiger partial charge in [0.1, 0.15) is 11.1 Å². The summed E-state index contributed by atoms with van der Waals surface area (Å²) in [5, 5.41) is 3.22. The minimum Gasteiger partial charge on any atom is -0.372 e. The molecule has 1 aliphatic rings. The van der Waals surface area contributed by atoms with Gasteiger partial charge in [0.2, 0.25) is 5.95 Å². The summed E-state index contributed by atoms with van der Waals surface area (Å²) in [7, 11) is 0. The third-order valence-corrected chi connectivity index (χ3v) is 5.20. The third kappa shape index (κ3) is 4.28. The maximum Gasteiger partial charge on any atom is 0.225 e. The van der Waals surface area contributed by atoms with Crippen LogP contribution in [0.4, 0.5) is 5.95 Å². The zero-order valence-electron chi connectivity index (χ0n) is 14.6. The highest BCUT2D eigenvalue weighted by molar-refractivity contribution is 7.09. The van der Waals surface area contributed by atoms with Crippen molar-refractivity contribution in [3.05, 3.63) is 34.0 Å². The van der Waals surface area contributed by atoms with Crippen LogP contribution in [0.2, 0.25) is 0 Å². The van der Waals surface area contributed by atoms with Gasteiger partial charge < -0.3 is 9.64 Å². The van der Waals surface area contributed by atoms with E-state index in [0.717, 1.165) is 61.5 Å². The fraction of sp³-hybridized carbons (Fsp3) is 0.588. The van der Waals surface area contributed by atoms with Gasteiger partial charge in [-0.1, -0.05) is 0 Å². The van der Waals surface area contributed by atoms with Gasteiger partial charge in [-0.15, -0.1) is 11.3 Å². The lowest BCUT2D eigenvalue weighted by atomic mass is 10.3. The monoisotopic (exact) mass is 347 g/mol. The summed E-state index contributed by atoms with van der Waals surface area (Å²) in [4.78, 5) is 18.3.